The van der Waals surface area contributed by atoms with Crippen LogP contribution in [-0.2, 0) is 0 Å². The predicted octanol–water partition coefficient (Wildman–Crippen LogP) is 3.42. The lowest BCUT2D eigenvalue weighted by Crippen LogP contribution is -2.47. The summed E-state index contributed by atoms with van der Waals surface area (Å²) in [6.45, 7) is 3.95. The highest BCUT2D eigenvalue weighted by Crippen LogP contribution is 2.35. The quantitative estimate of drug-likeness (QED) is 0.698. The predicted molar refractivity (Wildman–Crippen MR) is 78.9 cm³/mol. The Morgan fingerprint density at radius 2 is 1.72 bits per heavy atom. The number of piperidine rings is 1. The molecule has 1 saturated heterocycles. The Morgan fingerprint density at radius 1 is 0.944 bits per heavy atom. The zero-order chi connectivity index (χ0) is 12.6. The van der Waals surface area contributed by atoms with Gasteiger partial charge in [0, 0.05) is 6.04 Å². The van der Waals surface area contributed by atoms with Crippen molar-refractivity contribution in [3.05, 3.63) is 0 Å². The van der Waals surface area contributed by atoms with Gasteiger partial charge < -0.3 is 10.2 Å². The van der Waals surface area contributed by atoms with Crippen molar-refractivity contribution in [2.45, 2.75) is 70.3 Å². The summed E-state index contributed by atoms with van der Waals surface area (Å²) in [6.07, 6.45) is 14.6. The minimum absolute atomic E-state index is 0.963. The van der Waals surface area contributed by atoms with E-state index >= 15 is 0 Å². The Bertz CT molecular complexity index is 215. The molecule has 2 aliphatic rings. The van der Waals surface area contributed by atoms with Crippen LogP contribution in [0.2, 0.25) is 0 Å². The Hall–Kier alpha value is -0.0800. The zero-order valence-electron chi connectivity index (χ0n) is 12.3. The Kier molecular flexibility index (Phi) is 6.50. The number of nitrogens with one attached hydrogen (secondary N) is 1. The van der Waals surface area contributed by atoms with Crippen molar-refractivity contribution in [2.24, 2.45) is 5.92 Å². The number of fused-ring (bicyclic) bond motifs is 1. The topological polar surface area (TPSA) is 15.3 Å². The first-order valence-corrected chi connectivity index (χ1v) is 8.30. The molecule has 1 aliphatic heterocycles. The molecule has 2 unspecified atom stereocenters. The third kappa shape index (κ3) is 4.24. The first-order chi connectivity index (χ1) is 8.92. The van der Waals surface area contributed by atoms with E-state index in [1.807, 2.05) is 0 Å². The molecule has 0 aromatic carbocycles. The lowest BCUT2D eigenvalue weighted by atomic mass is 9.78. The first-order valence-electron chi connectivity index (χ1n) is 8.30. The van der Waals surface area contributed by atoms with Crippen LogP contribution in [0.3, 0.4) is 0 Å². The average Bonchev–Trinajstić information content (AvgIpc) is 2.43. The van der Waals surface area contributed by atoms with E-state index in [1.54, 1.807) is 0 Å². The van der Waals surface area contributed by atoms with Crippen LogP contribution in [0, 0.1) is 5.92 Å². The van der Waals surface area contributed by atoms with E-state index in [1.165, 1.54) is 83.8 Å². The first kappa shape index (κ1) is 14.3. The average molecular weight is 252 g/mol. The van der Waals surface area contributed by atoms with E-state index in [0.29, 0.717) is 0 Å². The number of unbranched alkanes of at least 4 members (excludes halogenated alkanes) is 3. The molecule has 2 rings (SSSR count). The van der Waals surface area contributed by atoms with Crippen molar-refractivity contribution in [2.75, 3.05) is 26.7 Å². The van der Waals surface area contributed by atoms with Crippen LogP contribution in [-0.4, -0.2) is 37.6 Å². The maximum absolute atomic E-state index is 3.23. The maximum Gasteiger partial charge on any atom is 0.0123 e. The molecule has 0 aromatic rings. The van der Waals surface area contributed by atoms with E-state index in [2.05, 4.69) is 17.3 Å². The smallest absolute Gasteiger partial charge is 0.0123 e. The zero-order valence-corrected chi connectivity index (χ0v) is 12.3. The second-order valence-electron chi connectivity index (χ2n) is 6.31. The van der Waals surface area contributed by atoms with E-state index in [9.17, 15) is 0 Å². The normalized spacial score (nSPS) is 29.2. The lowest BCUT2D eigenvalue weighted by Gasteiger charge is -2.44. The number of rotatable bonds is 7. The van der Waals surface area contributed by atoms with Gasteiger partial charge in [-0.3, -0.25) is 0 Å². The summed E-state index contributed by atoms with van der Waals surface area (Å²) in [7, 11) is 2.05. The van der Waals surface area contributed by atoms with E-state index in [0.717, 1.165) is 12.0 Å². The van der Waals surface area contributed by atoms with Gasteiger partial charge in [0.1, 0.15) is 0 Å². The van der Waals surface area contributed by atoms with Crippen molar-refractivity contribution >= 4 is 0 Å². The van der Waals surface area contributed by atoms with Crippen LogP contribution in [0.15, 0.2) is 0 Å². The molecule has 1 saturated carbocycles. The monoisotopic (exact) mass is 252 g/mol. The van der Waals surface area contributed by atoms with Crippen LogP contribution in [0.25, 0.3) is 0 Å². The van der Waals surface area contributed by atoms with Gasteiger partial charge in [0.05, 0.1) is 0 Å². The van der Waals surface area contributed by atoms with E-state index < -0.39 is 0 Å². The highest BCUT2D eigenvalue weighted by atomic mass is 15.2. The van der Waals surface area contributed by atoms with Gasteiger partial charge in [-0.2, -0.15) is 0 Å². The van der Waals surface area contributed by atoms with Gasteiger partial charge in [-0.25, -0.2) is 0 Å². The van der Waals surface area contributed by atoms with Crippen molar-refractivity contribution in [3.63, 3.8) is 0 Å². The lowest BCUT2D eigenvalue weighted by molar-refractivity contribution is 0.0595. The molecule has 0 amide bonds. The molecule has 2 fully saturated rings. The summed E-state index contributed by atoms with van der Waals surface area (Å²) >= 11 is 0. The van der Waals surface area contributed by atoms with Gasteiger partial charge >= 0.3 is 0 Å². The van der Waals surface area contributed by atoms with Gasteiger partial charge in [-0.15, -0.1) is 0 Å². The molecule has 2 heteroatoms. The summed E-state index contributed by atoms with van der Waals surface area (Å²) in [5, 5.41) is 3.23. The van der Waals surface area contributed by atoms with Crippen LogP contribution in [0.1, 0.15) is 64.2 Å². The highest BCUT2D eigenvalue weighted by molar-refractivity contribution is 4.87. The Labute approximate surface area is 114 Å². The van der Waals surface area contributed by atoms with Gasteiger partial charge in [0.2, 0.25) is 0 Å². The van der Waals surface area contributed by atoms with Crippen LogP contribution >= 0.6 is 0 Å². The molecular weight excluding hydrogens is 220 g/mol. The second kappa shape index (κ2) is 8.16. The van der Waals surface area contributed by atoms with Crippen molar-refractivity contribution in [3.8, 4) is 0 Å². The number of likely N-dealkylation sites (tertiary alicyclic amines) is 1. The third-order valence-corrected chi connectivity index (χ3v) is 4.98. The van der Waals surface area contributed by atoms with Gasteiger partial charge in [0.15, 0.2) is 0 Å². The molecule has 0 aromatic heterocycles. The van der Waals surface area contributed by atoms with Gasteiger partial charge in [0.25, 0.3) is 0 Å². The van der Waals surface area contributed by atoms with Crippen LogP contribution < -0.4 is 5.32 Å². The molecule has 18 heavy (non-hydrogen) atoms. The molecule has 106 valence electrons. The third-order valence-electron chi connectivity index (χ3n) is 4.98. The molecule has 0 radical (unpaired) electrons. The van der Waals surface area contributed by atoms with Crippen molar-refractivity contribution < 1.29 is 0 Å². The fraction of sp³-hybridized carbons (Fsp3) is 1.00. The minimum atomic E-state index is 0.963. The highest BCUT2D eigenvalue weighted by Gasteiger charge is 2.32. The molecule has 1 N–H and O–H groups in total. The largest absolute Gasteiger partial charge is 0.320 e. The summed E-state index contributed by atoms with van der Waals surface area (Å²) in [4.78, 5) is 2.84. The molecule has 2 atom stereocenters. The SMILES string of the molecule is CNCCCCCCN1CCCC2CCCCC21. The summed E-state index contributed by atoms with van der Waals surface area (Å²) in [6, 6.07) is 0.963. The molecule has 0 bridgehead atoms. The van der Waals surface area contributed by atoms with Crippen molar-refractivity contribution in [1.82, 2.24) is 10.2 Å². The summed E-state index contributed by atoms with van der Waals surface area (Å²) in [5.41, 5.74) is 0. The number of nitrogens with zero attached hydrogens (tertiary/aromatic N) is 1. The van der Waals surface area contributed by atoms with E-state index in [4.69, 9.17) is 0 Å². The molecule has 2 nitrogen and oxygen atoms in total. The fourth-order valence-electron chi connectivity index (χ4n) is 3.98. The van der Waals surface area contributed by atoms with Crippen molar-refractivity contribution in [1.29, 1.82) is 0 Å². The van der Waals surface area contributed by atoms with Crippen LogP contribution in [0.4, 0.5) is 0 Å². The standard InChI is InChI=1S/C16H32N2/c1-17-12-6-2-3-7-13-18-14-8-10-15-9-4-5-11-16(15)18/h15-17H,2-14H2,1H3. The minimum Gasteiger partial charge on any atom is -0.320 e. The molecule has 0 spiro atoms. The summed E-state index contributed by atoms with van der Waals surface area (Å²) in [5.74, 6) is 1.05. The second-order valence-corrected chi connectivity index (χ2v) is 6.31. The molecule has 1 aliphatic carbocycles. The Morgan fingerprint density at radius 3 is 2.61 bits per heavy atom. The summed E-state index contributed by atoms with van der Waals surface area (Å²) < 4.78 is 0. The Balaban J connectivity index is 1.62. The number of hydrogen-bond donors (Lipinski definition) is 1. The molecule has 1 heterocycles. The number of hydrogen-bond acceptors (Lipinski definition) is 2. The van der Waals surface area contributed by atoms with Gasteiger partial charge in [-0.05, 0) is 71.1 Å². The fourth-order valence-corrected chi connectivity index (χ4v) is 3.98. The van der Waals surface area contributed by atoms with E-state index in [-0.39, 0.29) is 0 Å². The van der Waals surface area contributed by atoms with Gasteiger partial charge in [-0.1, -0.05) is 25.7 Å². The molecular formula is C16H32N2. The maximum atomic E-state index is 3.23. The van der Waals surface area contributed by atoms with Crippen LogP contribution in [0.5, 0.6) is 0 Å².